The van der Waals surface area contributed by atoms with Crippen molar-refractivity contribution in [3.05, 3.63) is 39.9 Å². The summed E-state index contributed by atoms with van der Waals surface area (Å²) in [6.45, 7) is 2.15. The number of hydrogen-bond donors (Lipinski definition) is 2. The Morgan fingerprint density at radius 2 is 2.17 bits per heavy atom. The Hall–Kier alpha value is -1.95. The molecule has 0 aliphatic rings. The molecule has 6 nitrogen and oxygen atoms in total. The Morgan fingerprint density at radius 1 is 1.50 bits per heavy atom. The summed E-state index contributed by atoms with van der Waals surface area (Å²) in [5, 5.41) is 22.2. The van der Waals surface area contributed by atoms with E-state index in [1.54, 1.807) is 25.1 Å². The molecule has 1 rings (SSSR count). The van der Waals surface area contributed by atoms with E-state index in [0.717, 1.165) is 0 Å². The number of amides is 1. The van der Waals surface area contributed by atoms with E-state index in [1.807, 2.05) is 0 Å². The van der Waals surface area contributed by atoms with E-state index >= 15 is 0 Å². The normalized spacial score (nSPS) is 11.9. The van der Waals surface area contributed by atoms with E-state index in [4.69, 9.17) is 5.11 Å². The van der Waals surface area contributed by atoms with Crippen molar-refractivity contribution in [2.45, 2.75) is 13.3 Å². The van der Waals surface area contributed by atoms with Crippen molar-refractivity contribution in [2.75, 3.05) is 13.2 Å². The fourth-order valence-electron chi connectivity index (χ4n) is 1.43. The SMILES string of the molecule is CC(CO)CNC(=O)Cc1ccccc1[N+](=O)[O-]. The number of nitro groups is 1. The highest BCUT2D eigenvalue weighted by Gasteiger charge is 2.15. The topological polar surface area (TPSA) is 92.5 Å². The maximum atomic E-state index is 11.6. The van der Waals surface area contributed by atoms with E-state index in [1.165, 1.54) is 6.07 Å². The third-order valence-corrected chi connectivity index (χ3v) is 2.50. The molecule has 1 unspecified atom stereocenters. The minimum atomic E-state index is -0.501. The molecule has 0 aliphatic carbocycles. The first-order valence-corrected chi connectivity index (χ1v) is 5.64. The molecular weight excluding hydrogens is 236 g/mol. The summed E-state index contributed by atoms with van der Waals surface area (Å²) < 4.78 is 0. The van der Waals surface area contributed by atoms with Crippen LogP contribution in [0, 0.1) is 16.0 Å². The van der Waals surface area contributed by atoms with Crippen LogP contribution in [-0.2, 0) is 11.2 Å². The molecule has 18 heavy (non-hydrogen) atoms. The molecule has 2 N–H and O–H groups in total. The maximum Gasteiger partial charge on any atom is 0.273 e. The predicted octanol–water partition coefficient (Wildman–Crippen LogP) is 0.882. The Balaban J connectivity index is 2.62. The highest BCUT2D eigenvalue weighted by Crippen LogP contribution is 2.17. The second kappa shape index (κ2) is 6.70. The molecule has 0 saturated carbocycles. The van der Waals surface area contributed by atoms with Crippen LogP contribution in [0.15, 0.2) is 24.3 Å². The first-order valence-electron chi connectivity index (χ1n) is 5.64. The van der Waals surface area contributed by atoms with Gasteiger partial charge in [0.25, 0.3) is 5.69 Å². The summed E-state index contributed by atoms with van der Waals surface area (Å²) in [4.78, 5) is 21.8. The van der Waals surface area contributed by atoms with Crippen molar-refractivity contribution < 1.29 is 14.8 Å². The van der Waals surface area contributed by atoms with Crippen molar-refractivity contribution in [1.29, 1.82) is 0 Å². The number of benzene rings is 1. The molecule has 98 valence electrons. The van der Waals surface area contributed by atoms with E-state index in [-0.39, 0.29) is 30.5 Å². The van der Waals surface area contributed by atoms with Crippen LogP contribution in [0.4, 0.5) is 5.69 Å². The standard InChI is InChI=1S/C12H16N2O4/c1-9(8-15)7-13-12(16)6-10-4-2-3-5-11(10)14(17)18/h2-5,9,15H,6-8H2,1H3,(H,13,16). The number of para-hydroxylation sites is 1. The molecular formula is C12H16N2O4. The van der Waals surface area contributed by atoms with Crippen LogP contribution < -0.4 is 5.32 Å². The molecule has 0 bridgehead atoms. The van der Waals surface area contributed by atoms with Crippen LogP contribution in [0.25, 0.3) is 0 Å². The van der Waals surface area contributed by atoms with Crippen molar-refractivity contribution in [3.8, 4) is 0 Å². The lowest BCUT2D eigenvalue weighted by Gasteiger charge is -2.09. The van der Waals surface area contributed by atoms with Gasteiger partial charge in [0.2, 0.25) is 5.91 Å². The molecule has 0 saturated heterocycles. The molecule has 1 aromatic carbocycles. The molecule has 1 amide bonds. The van der Waals surface area contributed by atoms with E-state index in [0.29, 0.717) is 12.1 Å². The molecule has 0 radical (unpaired) electrons. The molecule has 0 aliphatic heterocycles. The van der Waals surface area contributed by atoms with Crippen LogP contribution in [0.5, 0.6) is 0 Å². The largest absolute Gasteiger partial charge is 0.396 e. The van der Waals surface area contributed by atoms with Crippen LogP contribution in [0.1, 0.15) is 12.5 Å². The Labute approximate surface area is 105 Å². The first-order chi connectivity index (χ1) is 8.54. The molecule has 0 spiro atoms. The second-order valence-electron chi connectivity index (χ2n) is 4.15. The van der Waals surface area contributed by atoms with Gasteiger partial charge in [0.15, 0.2) is 0 Å². The molecule has 1 aromatic rings. The Morgan fingerprint density at radius 3 is 2.78 bits per heavy atom. The van der Waals surface area contributed by atoms with Gasteiger partial charge in [0.05, 0.1) is 11.3 Å². The van der Waals surface area contributed by atoms with Crippen molar-refractivity contribution >= 4 is 11.6 Å². The summed E-state index contributed by atoms with van der Waals surface area (Å²) in [6, 6.07) is 6.16. The van der Waals surface area contributed by atoms with Crippen molar-refractivity contribution in [2.24, 2.45) is 5.92 Å². The number of rotatable bonds is 6. The van der Waals surface area contributed by atoms with E-state index in [2.05, 4.69) is 5.32 Å². The van der Waals surface area contributed by atoms with Gasteiger partial charge in [-0.05, 0) is 5.92 Å². The average molecular weight is 252 g/mol. The summed E-state index contributed by atoms with van der Waals surface area (Å²) in [7, 11) is 0. The minimum Gasteiger partial charge on any atom is -0.396 e. The van der Waals surface area contributed by atoms with Crippen molar-refractivity contribution in [3.63, 3.8) is 0 Å². The van der Waals surface area contributed by atoms with Gasteiger partial charge in [0.1, 0.15) is 0 Å². The van der Waals surface area contributed by atoms with Gasteiger partial charge < -0.3 is 10.4 Å². The van der Waals surface area contributed by atoms with Gasteiger partial charge in [-0.1, -0.05) is 25.1 Å². The molecule has 6 heteroatoms. The third kappa shape index (κ3) is 4.14. The quantitative estimate of drug-likeness (QED) is 0.580. The highest BCUT2D eigenvalue weighted by molar-refractivity contribution is 5.79. The summed E-state index contributed by atoms with van der Waals surface area (Å²) in [5.74, 6) is -0.315. The zero-order valence-corrected chi connectivity index (χ0v) is 10.1. The number of aliphatic hydroxyl groups is 1. The lowest BCUT2D eigenvalue weighted by Crippen LogP contribution is -2.30. The average Bonchev–Trinajstić information content (AvgIpc) is 2.36. The molecule has 0 fully saturated rings. The van der Waals surface area contributed by atoms with Crippen LogP contribution in [0.2, 0.25) is 0 Å². The zero-order chi connectivity index (χ0) is 13.5. The highest BCUT2D eigenvalue weighted by atomic mass is 16.6. The lowest BCUT2D eigenvalue weighted by atomic mass is 10.1. The summed E-state index contributed by atoms with van der Waals surface area (Å²) in [5.41, 5.74) is 0.333. The second-order valence-corrected chi connectivity index (χ2v) is 4.15. The van der Waals surface area contributed by atoms with Crippen LogP contribution in [0.3, 0.4) is 0 Å². The fraction of sp³-hybridized carbons (Fsp3) is 0.417. The summed E-state index contributed by atoms with van der Waals surface area (Å²) >= 11 is 0. The molecule has 0 heterocycles. The van der Waals surface area contributed by atoms with Crippen LogP contribution >= 0.6 is 0 Å². The van der Waals surface area contributed by atoms with Crippen LogP contribution in [-0.4, -0.2) is 29.1 Å². The van der Waals surface area contributed by atoms with Crippen molar-refractivity contribution in [1.82, 2.24) is 5.32 Å². The smallest absolute Gasteiger partial charge is 0.273 e. The number of carbonyl (C=O) groups excluding carboxylic acids is 1. The number of nitrogens with zero attached hydrogens (tertiary/aromatic N) is 1. The fourth-order valence-corrected chi connectivity index (χ4v) is 1.43. The monoisotopic (exact) mass is 252 g/mol. The maximum absolute atomic E-state index is 11.6. The van der Waals surface area contributed by atoms with Gasteiger partial charge in [0, 0.05) is 24.8 Å². The third-order valence-electron chi connectivity index (χ3n) is 2.50. The lowest BCUT2D eigenvalue weighted by molar-refractivity contribution is -0.385. The number of nitrogens with one attached hydrogen (secondary N) is 1. The predicted molar refractivity (Wildman–Crippen MR) is 66.1 cm³/mol. The summed E-state index contributed by atoms with van der Waals surface area (Å²) in [6.07, 6.45) is -0.0324. The number of hydrogen-bond acceptors (Lipinski definition) is 4. The Kier molecular flexibility index (Phi) is 5.26. The van der Waals surface area contributed by atoms with E-state index in [9.17, 15) is 14.9 Å². The minimum absolute atomic E-state index is 0.00817. The zero-order valence-electron chi connectivity index (χ0n) is 10.1. The molecule has 0 aromatic heterocycles. The number of carbonyl (C=O) groups is 1. The van der Waals surface area contributed by atoms with Gasteiger partial charge in [-0.25, -0.2) is 0 Å². The van der Waals surface area contributed by atoms with Gasteiger partial charge >= 0.3 is 0 Å². The number of aliphatic hydroxyl groups excluding tert-OH is 1. The molecule has 1 atom stereocenters. The van der Waals surface area contributed by atoms with Gasteiger partial charge in [-0.3, -0.25) is 14.9 Å². The van der Waals surface area contributed by atoms with Gasteiger partial charge in [-0.15, -0.1) is 0 Å². The van der Waals surface area contributed by atoms with E-state index < -0.39 is 4.92 Å². The number of nitro benzene ring substituents is 1. The first kappa shape index (κ1) is 14.1. The van der Waals surface area contributed by atoms with Gasteiger partial charge in [-0.2, -0.15) is 0 Å². The Bertz CT molecular complexity index is 434.